The van der Waals surface area contributed by atoms with Crippen LogP contribution in [-0.2, 0) is 0 Å². The third kappa shape index (κ3) is 2.69. The summed E-state index contributed by atoms with van der Waals surface area (Å²) in [6, 6.07) is 9.73. The number of hydrogen-bond acceptors (Lipinski definition) is 4. The average Bonchev–Trinajstić information content (AvgIpc) is 2.88. The highest BCUT2D eigenvalue weighted by molar-refractivity contribution is 5.95. The first-order chi connectivity index (χ1) is 10.3. The first-order valence-electron chi connectivity index (χ1n) is 7.25. The van der Waals surface area contributed by atoms with E-state index in [1.165, 1.54) is 6.42 Å². The fraction of sp³-hybridized carbons (Fsp3) is 0.375. The van der Waals surface area contributed by atoms with E-state index in [0.29, 0.717) is 17.4 Å². The number of aromatic nitrogens is 1. The van der Waals surface area contributed by atoms with E-state index in [2.05, 4.69) is 10.5 Å². The van der Waals surface area contributed by atoms with Gasteiger partial charge in [-0.25, -0.2) is 0 Å². The monoisotopic (exact) mass is 286 g/mol. The molecule has 2 N–H and O–H groups in total. The zero-order chi connectivity index (χ0) is 14.7. The summed E-state index contributed by atoms with van der Waals surface area (Å²) in [5, 5.41) is 15.4. The fourth-order valence-electron chi connectivity index (χ4n) is 2.59. The zero-order valence-electron chi connectivity index (χ0n) is 11.7. The second kappa shape index (κ2) is 6.10. The second-order valence-corrected chi connectivity index (χ2v) is 5.25. The first-order valence-corrected chi connectivity index (χ1v) is 7.25. The predicted molar refractivity (Wildman–Crippen MR) is 78.0 cm³/mol. The van der Waals surface area contributed by atoms with Crippen LogP contribution in [0.5, 0.6) is 0 Å². The van der Waals surface area contributed by atoms with Gasteiger partial charge in [0.1, 0.15) is 0 Å². The van der Waals surface area contributed by atoms with Crippen molar-refractivity contribution in [1.29, 1.82) is 0 Å². The van der Waals surface area contributed by atoms with Gasteiger partial charge in [-0.2, -0.15) is 0 Å². The van der Waals surface area contributed by atoms with Gasteiger partial charge in [0, 0.05) is 17.7 Å². The number of amides is 1. The van der Waals surface area contributed by atoms with Gasteiger partial charge in [0.05, 0.1) is 6.61 Å². The number of rotatable bonds is 5. The number of benzene rings is 1. The number of carbonyl (C=O) groups excluding carboxylic acids is 1. The number of nitrogens with zero attached hydrogens (tertiary/aromatic N) is 1. The van der Waals surface area contributed by atoms with Crippen molar-refractivity contribution in [1.82, 2.24) is 10.5 Å². The molecule has 1 saturated carbocycles. The molecule has 1 amide bonds. The van der Waals surface area contributed by atoms with Crippen LogP contribution in [0.25, 0.3) is 11.3 Å². The summed E-state index contributed by atoms with van der Waals surface area (Å²) in [6.45, 7) is 0.129. The lowest BCUT2D eigenvalue weighted by Gasteiger charge is -2.25. The first kappa shape index (κ1) is 13.8. The maximum atomic E-state index is 12.2. The molecule has 110 valence electrons. The van der Waals surface area contributed by atoms with Crippen molar-refractivity contribution >= 4 is 5.91 Å². The van der Waals surface area contributed by atoms with Crippen LogP contribution < -0.4 is 5.32 Å². The molecule has 1 aliphatic carbocycles. The van der Waals surface area contributed by atoms with E-state index in [-0.39, 0.29) is 19.1 Å². The van der Waals surface area contributed by atoms with Crippen LogP contribution in [0.4, 0.5) is 0 Å². The lowest BCUT2D eigenvalue weighted by molar-refractivity contribution is 0.0934. The Labute approximate surface area is 123 Å². The Balaban J connectivity index is 1.98. The summed E-state index contributed by atoms with van der Waals surface area (Å²) >= 11 is 0. The number of aliphatic hydroxyl groups is 1. The molecule has 3 rings (SSSR count). The quantitative estimate of drug-likeness (QED) is 0.884. The van der Waals surface area contributed by atoms with Crippen LogP contribution in [-0.4, -0.2) is 29.3 Å². The van der Waals surface area contributed by atoms with Gasteiger partial charge in [0.25, 0.3) is 5.91 Å². The molecule has 0 radical (unpaired) electrons. The molecule has 0 unspecified atom stereocenters. The average molecular weight is 286 g/mol. The summed E-state index contributed by atoms with van der Waals surface area (Å²) in [4.78, 5) is 12.2. The highest BCUT2D eigenvalue weighted by Crippen LogP contribution is 2.42. The highest BCUT2D eigenvalue weighted by Gasteiger charge is 2.32. The van der Waals surface area contributed by atoms with Crippen LogP contribution in [0.15, 0.2) is 34.9 Å². The Hall–Kier alpha value is -2.14. The third-order valence-corrected chi connectivity index (χ3v) is 3.89. The van der Waals surface area contributed by atoms with Crippen molar-refractivity contribution in [3.8, 4) is 11.3 Å². The lowest BCUT2D eigenvalue weighted by Crippen LogP contribution is -2.28. The molecule has 5 heteroatoms. The minimum Gasteiger partial charge on any atom is -0.395 e. The van der Waals surface area contributed by atoms with E-state index >= 15 is 0 Å². The smallest absolute Gasteiger partial charge is 0.273 e. The van der Waals surface area contributed by atoms with Gasteiger partial charge in [0.15, 0.2) is 11.5 Å². The summed E-state index contributed by atoms with van der Waals surface area (Å²) < 4.78 is 5.47. The molecule has 0 bridgehead atoms. The molecule has 0 spiro atoms. The van der Waals surface area contributed by atoms with Gasteiger partial charge < -0.3 is 14.9 Å². The fourth-order valence-corrected chi connectivity index (χ4v) is 2.59. The zero-order valence-corrected chi connectivity index (χ0v) is 11.7. The molecule has 0 aliphatic heterocycles. The SMILES string of the molecule is O=C(NCCO)c1noc(-c2ccccc2)c1C1CCC1. The minimum atomic E-state index is -0.281. The predicted octanol–water partition coefficient (Wildman–Crippen LogP) is 2.33. The molecule has 1 heterocycles. The molecule has 2 aromatic rings. The number of nitrogens with one attached hydrogen (secondary N) is 1. The second-order valence-electron chi connectivity index (χ2n) is 5.25. The normalized spacial score (nSPS) is 14.7. The number of hydrogen-bond donors (Lipinski definition) is 2. The molecule has 5 nitrogen and oxygen atoms in total. The van der Waals surface area contributed by atoms with Crippen molar-refractivity contribution in [2.24, 2.45) is 0 Å². The van der Waals surface area contributed by atoms with Gasteiger partial charge >= 0.3 is 0 Å². The van der Waals surface area contributed by atoms with Crippen LogP contribution in [0.3, 0.4) is 0 Å². The molecule has 21 heavy (non-hydrogen) atoms. The molecule has 1 aromatic carbocycles. The Morgan fingerprint density at radius 2 is 2.10 bits per heavy atom. The maximum absolute atomic E-state index is 12.2. The van der Waals surface area contributed by atoms with E-state index in [9.17, 15) is 4.79 Å². The lowest BCUT2D eigenvalue weighted by atomic mass is 9.78. The Bertz CT molecular complexity index is 618. The molecular formula is C16H18N2O3. The van der Waals surface area contributed by atoms with Gasteiger partial charge in [-0.3, -0.25) is 4.79 Å². The molecule has 1 aromatic heterocycles. The molecule has 0 atom stereocenters. The van der Waals surface area contributed by atoms with Crippen LogP contribution in [0.1, 0.15) is 41.2 Å². The van der Waals surface area contributed by atoms with Crippen molar-refractivity contribution in [3.63, 3.8) is 0 Å². The van der Waals surface area contributed by atoms with Gasteiger partial charge in [-0.05, 0) is 18.8 Å². The molecule has 1 fully saturated rings. The van der Waals surface area contributed by atoms with E-state index < -0.39 is 0 Å². The minimum absolute atomic E-state index is 0.0894. The molecule has 1 aliphatic rings. The standard InChI is InChI=1S/C16H18N2O3/c19-10-9-17-16(20)14-13(11-7-4-8-11)15(21-18-14)12-5-2-1-3-6-12/h1-3,5-6,11,19H,4,7-10H2,(H,17,20). The number of aliphatic hydroxyl groups excluding tert-OH is 1. The summed E-state index contributed by atoms with van der Waals surface area (Å²) in [6.07, 6.45) is 3.28. The van der Waals surface area contributed by atoms with Gasteiger partial charge in [-0.15, -0.1) is 0 Å². The van der Waals surface area contributed by atoms with Crippen molar-refractivity contribution in [2.45, 2.75) is 25.2 Å². The summed E-state index contributed by atoms with van der Waals surface area (Å²) in [7, 11) is 0. The van der Waals surface area contributed by atoms with Gasteiger partial charge in [-0.1, -0.05) is 41.9 Å². The molecule has 0 saturated heterocycles. The Morgan fingerprint density at radius 1 is 1.33 bits per heavy atom. The topological polar surface area (TPSA) is 75.4 Å². The molecular weight excluding hydrogens is 268 g/mol. The number of carbonyl (C=O) groups is 1. The van der Waals surface area contributed by atoms with E-state index in [1.807, 2.05) is 30.3 Å². The largest absolute Gasteiger partial charge is 0.395 e. The van der Waals surface area contributed by atoms with Crippen molar-refractivity contribution in [2.75, 3.05) is 13.2 Å². The van der Waals surface area contributed by atoms with Crippen LogP contribution >= 0.6 is 0 Å². The van der Waals surface area contributed by atoms with Gasteiger partial charge in [0.2, 0.25) is 0 Å². The van der Waals surface area contributed by atoms with Crippen LogP contribution in [0, 0.1) is 0 Å². The summed E-state index contributed by atoms with van der Waals surface area (Å²) in [5.41, 5.74) is 2.20. The van der Waals surface area contributed by atoms with Crippen molar-refractivity contribution in [3.05, 3.63) is 41.6 Å². The van der Waals surface area contributed by atoms with Crippen molar-refractivity contribution < 1.29 is 14.4 Å². The summed E-state index contributed by atoms with van der Waals surface area (Å²) in [5.74, 6) is 0.743. The Kier molecular flexibility index (Phi) is 4.01. The highest BCUT2D eigenvalue weighted by atomic mass is 16.5. The maximum Gasteiger partial charge on any atom is 0.273 e. The van der Waals surface area contributed by atoms with E-state index in [0.717, 1.165) is 24.0 Å². The van der Waals surface area contributed by atoms with E-state index in [1.54, 1.807) is 0 Å². The Morgan fingerprint density at radius 3 is 2.71 bits per heavy atom. The third-order valence-electron chi connectivity index (χ3n) is 3.89. The van der Waals surface area contributed by atoms with Crippen LogP contribution in [0.2, 0.25) is 0 Å². The van der Waals surface area contributed by atoms with E-state index in [4.69, 9.17) is 9.63 Å².